The molecule has 1 fully saturated rings. The fraction of sp³-hybridized carbons (Fsp3) is 0.600. The quantitative estimate of drug-likeness (QED) is 0.920. The summed E-state index contributed by atoms with van der Waals surface area (Å²) in [7, 11) is 6.41. The van der Waals surface area contributed by atoms with E-state index in [0.29, 0.717) is 17.1 Å². The van der Waals surface area contributed by atoms with Crippen LogP contribution in [0.15, 0.2) is 18.2 Å². The predicted molar refractivity (Wildman–Crippen MR) is 86.9 cm³/mol. The van der Waals surface area contributed by atoms with E-state index in [4.69, 9.17) is 23.2 Å². The number of likely N-dealkylation sites (N-methyl/N-ethyl adjacent to an activating group) is 3. The monoisotopic (exact) mass is 315 g/mol. The Balaban J connectivity index is 2.11. The molecular weight excluding hydrogens is 293 g/mol. The Morgan fingerprint density at radius 3 is 2.70 bits per heavy atom. The Hall–Kier alpha value is -0.320. The molecule has 1 aromatic rings. The highest BCUT2D eigenvalue weighted by Gasteiger charge is 2.29. The molecular formula is C15H23Cl2N3. The maximum absolute atomic E-state index is 6.30. The second-order valence-corrected chi connectivity index (χ2v) is 6.49. The van der Waals surface area contributed by atoms with Gasteiger partial charge in [0.15, 0.2) is 0 Å². The van der Waals surface area contributed by atoms with Crippen LogP contribution in [0, 0.1) is 0 Å². The van der Waals surface area contributed by atoms with Gasteiger partial charge < -0.3 is 10.2 Å². The SMILES string of the molecule is CNC(Cc1ccc(Cl)cc1Cl)C1CN(C)CCN1C. The van der Waals surface area contributed by atoms with Crippen LogP contribution in [0.4, 0.5) is 0 Å². The molecule has 0 aliphatic carbocycles. The second kappa shape index (κ2) is 7.10. The zero-order valence-electron chi connectivity index (χ0n) is 12.4. The summed E-state index contributed by atoms with van der Waals surface area (Å²) in [6.07, 6.45) is 0.912. The van der Waals surface area contributed by atoms with Gasteiger partial charge in [-0.3, -0.25) is 4.90 Å². The molecule has 0 aromatic heterocycles. The summed E-state index contributed by atoms with van der Waals surface area (Å²) in [5.74, 6) is 0. The summed E-state index contributed by atoms with van der Waals surface area (Å²) in [5, 5.41) is 4.90. The largest absolute Gasteiger partial charge is 0.315 e. The number of piperazine rings is 1. The van der Waals surface area contributed by atoms with Gasteiger partial charge in [-0.15, -0.1) is 0 Å². The zero-order valence-corrected chi connectivity index (χ0v) is 13.9. The van der Waals surface area contributed by atoms with Gasteiger partial charge in [-0.25, -0.2) is 0 Å². The minimum absolute atomic E-state index is 0.376. The van der Waals surface area contributed by atoms with Crippen molar-refractivity contribution in [2.45, 2.75) is 18.5 Å². The number of benzene rings is 1. The molecule has 3 nitrogen and oxygen atoms in total. The number of halogens is 2. The van der Waals surface area contributed by atoms with Crippen LogP contribution in [0.5, 0.6) is 0 Å². The number of nitrogens with one attached hydrogen (secondary N) is 1. The first-order valence-electron chi connectivity index (χ1n) is 7.01. The van der Waals surface area contributed by atoms with Crippen molar-refractivity contribution in [3.8, 4) is 0 Å². The fourth-order valence-corrected chi connectivity index (χ4v) is 3.32. The van der Waals surface area contributed by atoms with E-state index in [9.17, 15) is 0 Å². The highest BCUT2D eigenvalue weighted by atomic mass is 35.5. The van der Waals surface area contributed by atoms with Crippen LogP contribution >= 0.6 is 23.2 Å². The van der Waals surface area contributed by atoms with Crippen molar-refractivity contribution in [1.29, 1.82) is 0 Å². The van der Waals surface area contributed by atoms with E-state index in [1.165, 1.54) is 0 Å². The normalized spacial score (nSPS) is 22.9. The van der Waals surface area contributed by atoms with E-state index in [1.54, 1.807) is 0 Å². The number of hydrogen-bond donors (Lipinski definition) is 1. The molecule has 1 aromatic carbocycles. The van der Waals surface area contributed by atoms with E-state index in [2.05, 4.69) is 29.2 Å². The van der Waals surface area contributed by atoms with Crippen LogP contribution in [0.2, 0.25) is 10.0 Å². The Labute approximate surface area is 131 Å². The Bertz CT molecular complexity index is 453. The third-order valence-corrected chi connectivity index (χ3v) is 4.78. The summed E-state index contributed by atoms with van der Waals surface area (Å²) in [4.78, 5) is 4.82. The van der Waals surface area contributed by atoms with E-state index >= 15 is 0 Å². The zero-order chi connectivity index (χ0) is 14.7. The van der Waals surface area contributed by atoms with Crippen molar-refractivity contribution >= 4 is 23.2 Å². The van der Waals surface area contributed by atoms with Gasteiger partial charge in [-0.05, 0) is 45.3 Å². The standard InChI is InChI=1S/C15H23Cl2N3/c1-18-14(15-10-19(2)6-7-20(15)3)8-11-4-5-12(16)9-13(11)17/h4-5,9,14-15,18H,6-8,10H2,1-3H3. The lowest BCUT2D eigenvalue weighted by Gasteiger charge is -2.42. The summed E-state index contributed by atoms with van der Waals surface area (Å²) in [6.45, 7) is 3.31. The van der Waals surface area contributed by atoms with E-state index in [1.807, 2.05) is 25.2 Å². The van der Waals surface area contributed by atoms with Gasteiger partial charge in [0.05, 0.1) is 0 Å². The van der Waals surface area contributed by atoms with Crippen molar-refractivity contribution < 1.29 is 0 Å². The Morgan fingerprint density at radius 2 is 2.05 bits per heavy atom. The molecule has 0 spiro atoms. The number of hydrogen-bond acceptors (Lipinski definition) is 3. The third kappa shape index (κ3) is 3.86. The lowest BCUT2D eigenvalue weighted by Crippen LogP contribution is -2.58. The molecule has 2 unspecified atom stereocenters. The van der Waals surface area contributed by atoms with Crippen LogP contribution in [0.25, 0.3) is 0 Å². The minimum Gasteiger partial charge on any atom is -0.315 e. The van der Waals surface area contributed by atoms with Gasteiger partial charge in [0.1, 0.15) is 0 Å². The second-order valence-electron chi connectivity index (χ2n) is 5.65. The molecule has 5 heteroatoms. The van der Waals surface area contributed by atoms with Gasteiger partial charge in [0.25, 0.3) is 0 Å². The highest BCUT2D eigenvalue weighted by molar-refractivity contribution is 6.35. The van der Waals surface area contributed by atoms with Crippen molar-refractivity contribution in [2.75, 3.05) is 40.8 Å². The minimum atomic E-state index is 0.376. The van der Waals surface area contributed by atoms with Crippen molar-refractivity contribution in [3.05, 3.63) is 33.8 Å². The maximum Gasteiger partial charge on any atom is 0.0453 e. The molecule has 0 saturated carbocycles. The van der Waals surface area contributed by atoms with E-state index < -0.39 is 0 Å². The van der Waals surface area contributed by atoms with Gasteiger partial charge in [-0.1, -0.05) is 29.3 Å². The molecule has 1 N–H and O–H groups in total. The summed E-state index contributed by atoms with van der Waals surface area (Å²) in [5.41, 5.74) is 1.15. The van der Waals surface area contributed by atoms with Crippen molar-refractivity contribution in [2.24, 2.45) is 0 Å². The van der Waals surface area contributed by atoms with Gasteiger partial charge >= 0.3 is 0 Å². The van der Waals surface area contributed by atoms with Crippen molar-refractivity contribution in [1.82, 2.24) is 15.1 Å². The first-order chi connectivity index (χ1) is 9.51. The average Bonchev–Trinajstić information content (AvgIpc) is 2.41. The highest BCUT2D eigenvalue weighted by Crippen LogP contribution is 2.23. The average molecular weight is 316 g/mol. The van der Waals surface area contributed by atoms with Gasteiger partial charge in [0.2, 0.25) is 0 Å². The lowest BCUT2D eigenvalue weighted by atomic mass is 9.96. The van der Waals surface area contributed by atoms with Crippen LogP contribution in [-0.2, 0) is 6.42 Å². The number of nitrogens with zero attached hydrogens (tertiary/aromatic N) is 2. The first-order valence-corrected chi connectivity index (χ1v) is 7.77. The molecule has 0 bridgehead atoms. The summed E-state index contributed by atoms with van der Waals surface area (Å²) in [6, 6.07) is 6.63. The van der Waals surface area contributed by atoms with Gasteiger partial charge in [-0.2, -0.15) is 0 Å². The molecule has 112 valence electrons. The topological polar surface area (TPSA) is 18.5 Å². The molecule has 0 amide bonds. The van der Waals surface area contributed by atoms with Crippen LogP contribution in [0.1, 0.15) is 5.56 Å². The van der Waals surface area contributed by atoms with Crippen molar-refractivity contribution in [3.63, 3.8) is 0 Å². The lowest BCUT2D eigenvalue weighted by molar-refractivity contribution is 0.0897. The maximum atomic E-state index is 6.30. The predicted octanol–water partition coefficient (Wildman–Crippen LogP) is 2.37. The molecule has 20 heavy (non-hydrogen) atoms. The van der Waals surface area contributed by atoms with E-state index in [-0.39, 0.29) is 0 Å². The van der Waals surface area contributed by atoms with Crippen LogP contribution < -0.4 is 5.32 Å². The van der Waals surface area contributed by atoms with Gasteiger partial charge in [0, 0.05) is 41.8 Å². The molecule has 2 atom stereocenters. The molecule has 1 heterocycles. The van der Waals surface area contributed by atoms with E-state index in [0.717, 1.165) is 36.6 Å². The molecule has 1 aliphatic rings. The fourth-order valence-electron chi connectivity index (χ4n) is 2.83. The molecule has 2 rings (SSSR count). The Kier molecular flexibility index (Phi) is 5.70. The van der Waals surface area contributed by atoms with Crippen LogP contribution in [-0.4, -0.2) is 62.7 Å². The first kappa shape index (κ1) is 16.1. The summed E-state index contributed by atoms with van der Waals surface area (Å²) < 4.78 is 0. The molecule has 1 aliphatic heterocycles. The third-order valence-electron chi connectivity index (χ3n) is 4.19. The summed E-state index contributed by atoms with van der Waals surface area (Å²) >= 11 is 12.3. The molecule has 1 saturated heterocycles. The number of rotatable bonds is 4. The van der Waals surface area contributed by atoms with Crippen LogP contribution in [0.3, 0.4) is 0 Å². The smallest absolute Gasteiger partial charge is 0.0453 e. The molecule has 0 radical (unpaired) electrons. The Morgan fingerprint density at radius 1 is 1.30 bits per heavy atom.